The number of amides is 4. The standard InChI is InChI=1S/C24H28N4O6S/c1-34-22(32)18-13-35-23(25-18)27-20(30)19(12-14-5-3-2-4-6-14)28-21(31)17(26-24(28)33)11-15-7-9-16(29)10-8-15/h7-10,13-14,17,19,29H,2-6,11-12H2,1H3,(H,26,33)(H,25,27,30). The van der Waals surface area contributed by atoms with Crippen LogP contribution in [0.3, 0.4) is 0 Å². The van der Waals surface area contributed by atoms with E-state index in [2.05, 4.69) is 20.4 Å². The van der Waals surface area contributed by atoms with Crippen LogP contribution in [0.1, 0.15) is 54.6 Å². The molecule has 2 fully saturated rings. The molecule has 2 heterocycles. The molecule has 1 aliphatic carbocycles. The minimum atomic E-state index is -0.999. The lowest BCUT2D eigenvalue weighted by Crippen LogP contribution is -2.49. The van der Waals surface area contributed by atoms with Crippen molar-refractivity contribution in [2.45, 2.75) is 57.0 Å². The highest BCUT2D eigenvalue weighted by Crippen LogP contribution is 2.31. The molecule has 4 amide bonds. The summed E-state index contributed by atoms with van der Waals surface area (Å²) in [6.07, 6.45) is 5.73. The number of methoxy groups -OCH3 is 1. The van der Waals surface area contributed by atoms with Crippen LogP contribution >= 0.6 is 11.3 Å². The van der Waals surface area contributed by atoms with Gasteiger partial charge in [-0.25, -0.2) is 19.5 Å². The summed E-state index contributed by atoms with van der Waals surface area (Å²) in [6, 6.07) is 3.99. The Balaban J connectivity index is 1.52. The summed E-state index contributed by atoms with van der Waals surface area (Å²) in [6.45, 7) is 0. The third kappa shape index (κ3) is 5.79. The van der Waals surface area contributed by atoms with Crippen molar-refractivity contribution in [1.82, 2.24) is 15.2 Å². The molecule has 2 aliphatic rings. The van der Waals surface area contributed by atoms with Crippen LogP contribution in [0.4, 0.5) is 9.93 Å². The number of aromatic hydroxyl groups is 1. The second kappa shape index (κ2) is 10.9. The number of phenols is 1. The van der Waals surface area contributed by atoms with Gasteiger partial charge in [0.05, 0.1) is 7.11 Å². The third-order valence-corrected chi connectivity index (χ3v) is 7.21. The molecule has 0 radical (unpaired) electrons. The van der Waals surface area contributed by atoms with Gasteiger partial charge in [0.25, 0.3) is 5.91 Å². The second-order valence-corrected chi connectivity index (χ2v) is 9.71. The summed E-state index contributed by atoms with van der Waals surface area (Å²) < 4.78 is 4.65. The van der Waals surface area contributed by atoms with Crippen molar-refractivity contribution in [3.8, 4) is 5.75 Å². The van der Waals surface area contributed by atoms with E-state index in [9.17, 15) is 24.3 Å². The van der Waals surface area contributed by atoms with Gasteiger partial charge in [0.1, 0.15) is 17.8 Å². The Bertz CT molecular complexity index is 1100. The largest absolute Gasteiger partial charge is 0.508 e. The van der Waals surface area contributed by atoms with Gasteiger partial charge in [-0.2, -0.15) is 0 Å². The molecule has 2 atom stereocenters. The molecule has 186 valence electrons. The second-order valence-electron chi connectivity index (χ2n) is 8.86. The first-order valence-corrected chi connectivity index (χ1v) is 12.5. The molecule has 0 bridgehead atoms. The van der Waals surface area contributed by atoms with Gasteiger partial charge in [0.2, 0.25) is 5.91 Å². The van der Waals surface area contributed by atoms with Crippen molar-refractivity contribution in [1.29, 1.82) is 0 Å². The van der Waals surface area contributed by atoms with Crippen molar-refractivity contribution < 1.29 is 29.0 Å². The van der Waals surface area contributed by atoms with E-state index < -0.39 is 35.9 Å². The molecule has 2 unspecified atom stereocenters. The Labute approximate surface area is 206 Å². The highest BCUT2D eigenvalue weighted by atomic mass is 32.1. The number of ether oxygens (including phenoxy) is 1. The third-order valence-electron chi connectivity index (χ3n) is 6.45. The monoisotopic (exact) mass is 500 g/mol. The molecule has 2 aromatic rings. The molecule has 10 nitrogen and oxygen atoms in total. The zero-order valence-corrected chi connectivity index (χ0v) is 20.2. The number of hydrogen-bond donors (Lipinski definition) is 3. The smallest absolute Gasteiger partial charge is 0.357 e. The van der Waals surface area contributed by atoms with Gasteiger partial charge in [-0.15, -0.1) is 11.3 Å². The molecule has 1 saturated heterocycles. The van der Waals surface area contributed by atoms with Gasteiger partial charge in [0, 0.05) is 11.8 Å². The summed E-state index contributed by atoms with van der Waals surface area (Å²) >= 11 is 1.06. The topological polar surface area (TPSA) is 138 Å². The maximum Gasteiger partial charge on any atom is 0.357 e. The van der Waals surface area contributed by atoms with Gasteiger partial charge in [0.15, 0.2) is 10.8 Å². The van der Waals surface area contributed by atoms with Crippen molar-refractivity contribution in [2.24, 2.45) is 5.92 Å². The van der Waals surface area contributed by atoms with Gasteiger partial charge >= 0.3 is 12.0 Å². The summed E-state index contributed by atoms with van der Waals surface area (Å²) in [5.74, 6) is -1.27. The number of aromatic nitrogens is 1. The van der Waals surface area contributed by atoms with E-state index >= 15 is 0 Å². The first-order valence-electron chi connectivity index (χ1n) is 11.6. The summed E-state index contributed by atoms with van der Waals surface area (Å²) in [5.41, 5.74) is 0.843. The maximum atomic E-state index is 13.4. The fraction of sp³-hybridized carbons (Fsp3) is 0.458. The summed E-state index contributed by atoms with van der Waals surface area (Å²) in [7, 11) is 1.24. The number of urea groups is 1. The molecule has 1 aliphatic heterocycles. The van der Waals surface area contributed by atoms with Gasteiger partial charge < -0.3 is 20.5 Å². The molecule has 1 aromatic carbocycles. The lowest BCUT2D eigenvalue weighted by Gasteiger charge is -2.30. The fourth-order valence-corrected chi connectivity index (χ4v) is 5.32. The minimum Gasteiger partial charge on any atom is -0.508 e. The lowest BCUT2D eigenvalue weighted by molar-refractivity contribution is -0.134. The van der Waals surface area contributed by atoms with Crippen LogP contribution < -0.4 is 10.6 Å². The maximum absolute atomic E-state index is 13.4. The van der Waals surface area contributed by atoms with Crippen LogP contribution in [0.25, 0.3) is 0 Å². The summed E-state index contributed by atoms with van der Waals surface area (Å²) in [5, 5.41) is 16.5. The number of phenolic OH excluding ortho intramolecular Hbond substituents is 1. The quantitative estimate of drug-likeness (QED) is 0.374. The van der Waals surface area contributed by atoms with Crippen molar-refractivity contribution in [3.63, 3.8) is 0 Å². The Morgan fingerprint density at radius 1 is 1.23 bits per heavy atom. The predicted octanol–water partition coefficient (Wildman–Crippen LogP) is 3.08. The van der Waals surface area contributed by atoms with Crippen molar-refractivity contribution >= 4 is 40.3 Å². The minimum absolute atomic E-state index is 0.0700. The van der Waals surface area contributed by atoms with Crippen LogP contribution in [0.5, 0.6) is 5.75 Å². The number of hydrogen-bond acceptors (Lipinski definition) is 8. The van der Waals surface area contributed by atoms with Crippen molar-refractivity contribution in [3.05, 3.63) is 40.9 Å². The highest BCUT2D eigenvalue weighted by Gasteiger charge is 2.45. The molecule has 0 spiro atoms. The van der Waals surface area contributed by atoms with E-state index in [1.807, 2.05) is 0 Å². The van der Waals surface area contributed by atoms with Gasteiger partial charge in [-0.05, 0) is 30.0 Å². The van der Waals surface area contributed by atoms with E-state index in [-0.39, 0.29) is 28.9 Å². The molecular formula is C24H28N4O6S. The first kappa shape index (κ1) is 24.6. The Kier molecular flexibility index (Phi) is 7.64. The number of esters is 1. The lowest BCUT2D eigenvalue weighted by atomic mass is 9.84. The number of carbonyl (C=O) groups excluding carboxylic acids is 4. The normalized spacial score (nSPS) is 19.3. The number of carbonyl (C=O) groups is 4. The van der Waals surface area contributed by atoms with Crippen LogP contribution in [0.15, 0.2) is 29.6 Å². The number of nitrogens with zero attached hydrogens (tertiary/aromatic N) is 2. The number of anilines is 1. The first-order chi connectivity index (χ1) is 16.9. The van der Waals surface area contributed by atoms with Gasteiger partial charge in [-0.3, -0.25) is 9.59 Å². The molecule has 1 saturated carbocycles. The molecule has 11 heteroatoms. The van der Waals surface area contributed by atoms with Gasteiger partial charge in [-0.1, -0.05) is 44.2 Å². The fourth-order valence-electron chi connectivity index (χ4n) is 4.64. The Hall–Kier alpha value is -3.47. The van der Waals surface area contributed by atoms with E-state index in [0.29, 0.717) is 6.42 Å². The number of imide groups is 1. The average molecular weight is 501 g/mol. The van der Waals surface area contributed by atoms with E-state index in [0.717, 1.165) is 53.9 Å². The number of rotatable bonds is 8. The molecule has 4 rings (SSSR count). The average Bonchev–Trinajstić information content (AvgIpc) is 3.43. The number of nitrogens with one attached hydrogen (secondary N) is 2. The number of thiazole rings is 1. The number of benzene rings is 1. The predicted molar refractivity (Wildman–Crippen MR) is 128 cm³/mol. The van der Waals surface area contributed by atoms with Crippen LogP contribution in [-0.4, -0.2) is 58.0 Å². The van der Waals surface area contributed by atoms with Crippen LogP contribution in [0.2, 0.25) is 0 Å². The molecule has 1 aromatic heterocycles. The van der Waals surface area contributed by atoms with Crippen LogP contribution in [-0.2, 0) is 20.7 Å². The molecular weight excluding hydrogens is 472 g/mol. The molecule has 35 heavy (non-hydrogen) atoms. The van der Waals surface area contributed by atoms with E-state index in [4.69, 9.17) is 0 Å². The zero-order chi connectivity index (χ0) is 24.9. The highest BCUT2D eigenvalue weighted by molar-refractivity contribution is 7.14. The Morgan fingerprint density at radius 3 is 2.63 bits per heavy atom. The van der Waals surface area contributed by atoms with E-state index in [1.165, 1.54) is 24.6 Å². The van der Waals surface area contributed by atoms with Crippen molar-refractivity contribution in [2.75, 3.05) is 12.4 Å². The molecule has 3 N–H and O–H groups in total. The zero-order valence-electron chi connectivity index (χ0n) is 19.4. The van der Waals surface area contributed by atoms with E-state index in [1.54, 1.807) is 12.1 Å². The Morgan fingerprint density at radius 2 is 1.94 bits per heavy atom. The summed E-state index contributed by atoms with van der Waals surface area (Å²) in [4.78, 5) is 56.4. The SMILES string of the molecule is COC(=O)c1csc(NC(=O)C(CC2CCCCC2)N2C(=O)NC(Cc3ccc(O)cc3)C2=O)n1. The van der Waals surface area contributed by atoms with Crippen LogP contribution in [0, 0.1) is 5.92 Å².